The molecule has 30 heavy (non-hydrogen) atoms. The number of nitrogens with zero attached hydrogens (tertiary/aromatic N) is 2. The first kappa shape index (κ1) is 20.3. The van der Waals surface area contributed by atoms with Crippen molar-refractivity contribution in [3.8, 4) is 5.75 Å². The van der Waals surface area contributed by atoms with Crippen molar-refractivity contribution in [3.05, 3.63) is 59.7 Å². The van der Waals surface area contributed by atoms with Crippen LogP contribution in [-0.2, 0) is 17.8 Å². The normalized spacial score (nSPS) is 19.8. The van der Waals surface area contributed by atoms with E-state index in [1.807, 2.05) is 24.3 Å². The van der Waals surface area contributed by atoms with Gasteiger partial charge in [-0.1, -0.05) is 18.2 Å². The number of ether oxygens (including phenoxy) is 1. The SMILES string of the molecule is COc1cccc2[nH]c(C[C@H]3CN(Cc4cccc(F)c4)CC[C@H]3CC(=O)O)nc12. The van der Waals surface area contributed by atoms with E-state index in [2.05, 4.69) is 9.88 Å². The lowest BCUT2D eigenvalue weighted by Crippen LogP contribution is -2.41. The van der Waals surface area contributed by atoms with Gasteiger partial charge in [-0.2, -0.15) is 0 Å². The van der Waals surface area contributed by atoms with Gasteiger partial charge in [0.05, 0.1) is 12.6 Å². The molecule has 0 radical (unpaired) electrons. The Labute approximate surface area is 174 Å². The van der Waals surface area contributed by atoms with Crippen molar-refractivity contribution in [2.45, 2.75) is 25.8 Å². The lowest BCUT2D eigenvalue weighted by Gasteiger charge is -2.38. The molecular weight excluding hydrogens is 385 g/mol. The minimum absolute atomic E-state index is 0.0846. The molecule has 3 aromatic rings. The zero-order chi connectivity index (χ0) is 21.1. The molecule has 1 aliphatic heterocycles. The number of piperidine rings is 1. The number of aromatic amines is 1. The average Bonchev–Trinajstić information content (AvgIpc) is 3.12. The van der Waals surface area contributed by atoms with E-state index in [4.69, 9.17) is 9.72 Å². The summed E-state index contributed by atoms with van der Waals surface area (Å²) in [5.74, 6) is 0.781. The second kappa shape index (κ2) is 8.83. The van der Waals surface area contributed by atoms with E-state index in [0.29, 0.717) is 18.7 Å². The van der Waals surface area contributed by atoms with Gasteiger partial charge in [-0.3, -0.25) is 9.69 Å². The minimum atomic E-state index is -0.769. The standard InChI is InChI=1S/C23H26FN3O3/c1-30-20-7-3-6-19-23(20)26-21(25-19)11-17-14-27(9-8-16(17)12-22(28)29)13-15-4-2-5-18(24)10-15/h2-7,10,16-17H,8-9,11-14H2,1H3,(H,25,26)(H,28,29)/t16-,17-/m0/s1. The number of benzene rings is 2. The highest BCUT2D eigenvalue weighted by Gasteiger charge is 2.31. The number of imidazole rings is 1. The number of likely N-dealkylation sites (tertiary alicyclic amines) is 1. The van der Waals surface area contributed by atoms with Crippen LogP contribution in [-0.4, -0.2) is 46.1 Å². The summed E-state index contributed by atoms with van der Waals surface area (Å²) >= 11 is 0. The monoisotopic (exact) mass is 411 g/mol. The largest absolute Gasteiger partial charge is 0.494 e. The molecular formula is C23H26FN3O3. The number of rotatable bonds is 7. The number of aliphatic carboxylic acids is 1. The Hall–Kier alpha value is -2.93. The smallest absolute Gasteiger partial charge is 0.303 e. The maximum Gasteiger partial charge on any atom is 0.303 e. The third-order valence-electron chi connectivity index (χ3n) is 5.91. The van der Waals surface area contributed by atoms with Crippen LogP contribution in [0.25, 0.3) is 11.0 Å². The van der Waals surface area contributed by atoms with Crippen molar-refractivity contribution < 1.29 is 19.0 Å². The van der Waals surface area contributed by atoms with E-state index in [-0.39, 0.29) is 24.1 Å². The van der Waals surface area contributed by atoms with Gasteiger partial charge >= 0.3 is 5.97 Å². The number of aromatic nitrogens is 2. The highest BCUT2D eigenvalue weighted by Crippen LogP contribution is 2.31. The summed E-state index contributed by atoms with van der Waals surface area (Å²) in [5.41, 5.74) is 2.63. The average molecular weight is 411 g/mol. The number of para-hydroxylation sites is 1. The van der Waals surface area contributed by atoms with Gasteiger partial charge in [0.25, 0.3) is 0 Å². The molecule has 0 unspecified atom stereocenters. The van der Waals surface area contributed by atoms with Gasteiger partial charge in [0.1, 0.15) is 22.9 Å². The summed E-state index contributed by atoms with van der Waals surface area (Å²) in [6.07, 6.45) is 1.62. The summed E-state index contributed by atoms with van der Waals surface area (Å²) in [5, 5.41) is 9.37. The van der Waals surface area contributed by atoms with Crippen LogP contribution in [0.4, 0.5) is 4.39 Å². The molecule has 0 spiro atoms. The zero-order valence-corrected chi connectivity index (χ0v) is 17.0. The summed E-state index contributed by atoms with van der Waals surface area (Å²) in [6, 6.07) is 12.4. The molecule has 1 aromatic heterocycles. The Morgan fingerprint density at radius 1 is 1.30 bits per heavy atom. The number of hydrogen-bond acceptors (Lipinski definition) is 4. The number of fused-ring (bicyclic) bond motifs is 1. The van der Waals surface area contributed by atoms with Gasteiger partial charge in [0.2, 0.25) is 0 Å². The number of carbonyl (C=O) groups is 1. The van der Waals surface area contributed by atoms with Gasteiger partial charge in [-0.15, -0.1) is 0 Å². The van der Waals surface area contributed by atoms with Gasteiger partial charge in [-0.25, -0.2) is 9.37 Å². The maximum atomic E-state index is 13.5. The number of halogens is 1. The first-order valence-corrected chi connectivity index (χ1v) is 10.2. The molecule has 7 heteroatoms. The predicted molar refractivity (Wildman–Crippen MR) is 112 cm³/mol. The highest BCUT2D eigenvalue weighted by atomic mass is 19.1. The topological polar surface area (TPSA) is 78.5 Å². The van der Waals surface area contributed by atoms with Gasteiger partial charge in [-0.05, 0) is 54.6 Å². The van der Waals surface area contributed by atoms with Crippen LogP contribution >= 0.6 is 0 Å². The molecule has 0 amide bonds. The molecule has 158 valence electrons. The fraction of sp³-hybridized carbons (Fsp3) is 0.391. The summed E-state index contributed by atoms with van der Waals surface area (Å²) in [7, 11) is 1.62. The van der Waals surface area contributed by atoms with Crippen molar-refractivity contribution in [1.82, 2.24) is 14.9 Å². The lowest BCUT2D eigenvalue weighted by molar-refractivity contribution is -0.139. The van der Waals surface area contributed by atoms with Crippen molar-refractivity contribution in [1.29, 1.82) is 0 Å². The summed E-state index contributed by atoms with van der Waals surface area (Å²) < 4.78 is 18.9. The van der Waals surface area contributed by atoms with E-state index in [9.17, 15) is 14.3 Å². The fourth-order valence-electron chi connectivity index (χ4n) is 4.48. The Bertz CT molecular complexity index is 1040. The number of H-pyrrole nitrogens is 1. The maximum absolute atomic E-state index is 13.5. The summed E-state index contributed by atoms with van der Waals surface area (Å²) in [6.45, 7) is 2.21. The molecule has 4 rings (SSSR count). The molecule has 0 saturated carbocycles. The number of carboxylic acid groups (broad SMARTS) is 1. The molecule has 2 aromatic carbocycles. The van der Waals surface area contributed by atoms with Crippen LogP contribution in [0.15, 0.2) is 42.5 Å². The van der Waals surface area contributed by atoms with Gasteiger partial charge < -0.3 is 14.8 Å². The number of hydrogen-bond donors (Lipinski definition) is 2. The Kier molecular flexibility index (Phi) is 5.99. The van der Waals surface area contributed by atoms with Crippen LogP contribution < -0.4 is 4.74 Å². The van der Waals surface area contributed by atoms with Crippen molar-refractivity contribution in [2.24, 2.45) is 11.8 Å². The van der Waals surface area contributed by atoms with Crippen molar-refractivity contribution in [2.75, 3.05) is 20.2 Å². The molecule has 6 nitrogen and oxygen atoms in total. The molecule has 1 saturated heterocycles. The van der Waals surface area contributed by atoms with Gasteiger partial charge in [0.15, 0.2) is 0 Å². The van der Waals surface area contributed by atoms with Crippen LogP contribution in [0.1, 0.15) is 24.2 Å². The molecule has 0 aliphatic carbocycles. The van der Waals surface area contributed by atoms with E-state index >= 15 is 0 Å². The van der Waals surface area contributed by atoms with E-state index in [1.54, 1.807) is 19.2 Å². The van der Waals surface area contributed by atoms with E-state index in [0.717, 1.165) is 41.9 Å². The van der Waals surface area contributed by atoms with Crippen LogP contribution in [0.3, 0.4) is 0 Å². The first-order valence-electron chi connectivity index (χ1n) is 10.2. The minimum Gasteiger partial charge on any atom is -0.494 e. The van der Waals surface area contributed by atoms with Gasteiger partial charge in [0, 0.05) is 25.9 Å². The first-order chi connectivity index (χ1) is 14.5. The van der Waals surface area contributed by atoms with E-state index in [1.165, 1.54) is 6.07 Å². The van der Waals surface area contributed by atoms with Crippen LogP contribution in [0.5, 0.6) is 5.75 Å². The highest BCUT2D eigenvalue weighted by molar-refractivity contribution is 5.81. The fourth-order valence-corrected chi connectivity index (χ4v) is 4.48. The molecule has 2 N–H and O–H groups in total. The van der Waals surface area contributed by atoms with E-state index < -0.39 is 5.97 Å². The van der Waals surface area contributed by atoms with Crippen LogP contribution in [0.2, 0.25) is 0 Å². The number of carboxylic acids is 1. The zero-order valence-electron chi connectivity index (χ0n) is 17.0. The second-order valence-corrected chi connectivity index (χ2v) is 8.02. The third kappa shape index (κ3) is 4.62. The molecule has 2 heterocycles. The number of methoxy groups -OCH3 is 1. The molecule has 2 atom stereocenters. The Morgan fingerprint density at radius 3 is 2.90 bits per heavy atom. The Balaban J connectivity index is 1.53. The summed E-state index contributed by atoms with van der Waals surface area (Å²) in [4.78, 5) is 21.8. The Morgan fingerprint density at radius 2 is 2.13 bits per heavy atom. The van der Waals surface area contributed by atoms with Crippen molar-refractivity contribution in [3.63, 3.8) is 0 Å². The second-order valence-electron chi connectivity index (χ2n) is 8.02. The quantitative estimate of drug-likeness (QED) is 0.617. The van der Waals surface area contributed by atoms with Crippen LogP contribution in [0, 0.1) is 17.7 Å². The predicted octanol–water partition coefficient (Wildman–Crippen LogP) is 3.87. The molecule has 1 fully saturated rings. The third-order valence-corrected chi connectivity index (χ3v) is 5.91. The van der Waals surface area contributed by atoms with Crippen molar-refractivity contribution >= 4 is 17.0 Å². The number of nitrogens with one attached hydrogen (secondary N) is 1. The molecule has 1 aliphatic rings. The lowest BCUT2D eigenvalue weighted by atomic mass is 9.81. The molecule has 0 bridgehead atoms.